The van der Waals surface area contributed by atoms with Gasteiger partial charge in [0.1, 0.15) is 6.04 Å². The fourth-order valence-corrected chi connectivity index (χ4v) is 3.54. The van der Waals surface area contributed by atoms with Gasteiger partial charge in [0.05, 0.1) is 0 Å². The lowest BCUT2D eigenvalue weighted by Crippen LogP contribution is -2.38. The highest BCUT2D eigenvalue weighted by Crippen LogP contribution is 2.19. The van der Waals surface area contributed by atoms with Crippen molar-refractivity contribution in [3.8, 4) is 0 Å². The number of carbonyl (C=O) groups excluding carboxylic acids is 1. The zero-order valence-electron chi connectivity index (χ0n) is 15.5. The van der Waals surface area contributed by atoms with Gasteiger partial charge < -0.3 is 16.0 Å². The van der Waals surface area contributed by atoms with Gasteiger partial charge in [0.15, 0.2) is 0 Å². The second kappa shape index (κ2) is 10.4. The van der Waals surface area contributed by atoms with Gasteiger partial charge in [0, 0.05) is 24.0 Å². The van der Waals surface area contributed by atoms with Crippen LogP contribution in [-0.4, -0.2) is 30.5 Å². The Labute approximate surface area is 165 Å². The largest absolute Gasteiger partial charge is 0.350 e. The first-order chi connectivity index (χ1) is 13.2. The number of piperidine rings is 1. The molecule has 1 atom stereocenters. The molecule has 27 heavy (non-hydrogen) atoms. The first-order valence-electron chi connectivity index (χ1n) is 9.58. The topological polar surface area (TPSA) is 66.0 Å². The zero-order valence-corrected chi connectivity index (χ0v) is 16.2. The van der Waals surface area contributed by atoms with E-state index in [9.17, 15) is 4.79 Å². The first kappa shape index (κ1) is 19.8. The fourth-order valence-electron chi connectivity index (χ4n) is 3.41. The fraction of sp³-hybridized carbons (Fsp3) is 0.429. The predicted octanol–water partition coefficient (Wildman–Crippen LogP) is 3.07. The lowest BCUT2D eigenvalue weighted by Gasteiger charge is -2.24. The van der Waals surface area contributed by atoms with Crippen LogP contribution in [0.15, 0.2) is 48.8 Å². The Morgan fingerprint density at radius 1 is 1.15 bits per heavy atom. The monoisotopic (exact) mass is 386 g/mol. The van der Waals surface area contributed by atoms with Crippen LogP contribution < -0.4 is 16.0 Å². The highest BCUT2D eigenvalue weighted by Gasteiger charge is 2.21. The molecule has 1 aromatic carbocycles. The highest BCUT2D eigenvalue weighted by atomic mass is 35.5. The summed E-state index contributed by atoms with van der Waals surface area (Å²) in [5, 5.41) is 10.5. The predicted molar refractivity (Wildman–Crippen MR) is 108 cm³/mol. The molecule has 1 unspecified atom stereocenters. The van der Waals surface area contributed by atoms with Crippen molar-refractivity contribution in [3.63, 3.8) is 0 Å². The van der Waals surface area contributed by atoms with E-state index in [0.717, 1.165) is 43.1 Å². The number of rotatable bonds is 8. The van der Waals surface area contributed by atoms with E-state index >= 15 is 0 Å². The van der Waals surface area contributed by atoms with Crippen molar-refractivity contribution >= 4 is 17.5 Å². The van der Waals surface area contributed by atoms with Crippen molar-refractivity contribution < 1.29 is 4.79 Å². The minimum Gasteiger partial charge on any atom is -0.350 e. The van der Waals surface area contributed by atoms with E-state index < -0.39 is 0 Å². The molecule has 6 heteroatoms. The number of pyridine rings is 1. The van der Waals surface area contributed by atoms with Crippen molar-refractivity contribution in [2.24, 2.45) is 5.92 Å². The minimum atomic E-state index is -0.384. The molecule has 1 aliphatic heterocycles. The van der Waals surface area contributed by atoms with E-state index in [1.807, 2.05) is 36.4 Å². The highest BCUT2D eigenvalue weighted by molar-refractivity contribution is 6.30. The summed E-state index contributed by atoms with van der Waals surface area (Å²) in [5.41, 5.74) is 1.96. The molecule has 3 N–H and O–H groups in total. The van der Waals surface area contributed by atoms with E-state index in [1.54, 1.807) is 12.4 Å². The number of nitrogens with zero attached hydrogens (tertiary/aromatic N) is 1. The van der Waals surface area contributed by atoms with Gasteiger partial charge in [-0.05, 0) is 80.2 Å². The van der Waals surface area contributed by atoms with E-state index in [4.69, 9.17) is 11.6 Å². The van der Waals surface area contributed by atoms with Crippen LogP contribution in [0, 0.1) is 5.92 Å². The normalized spacial score (nSPS) is 16.0. The molecule has 1 aliphatic rings. The average molecular weight is 387 g/mol. The molecule has 0 spiro atoms. The summed E-state index contributed by atoms with van der Waals surface area (Å²) in [6.45, 7) is 3.50. The molecule has 1 saturated heterocycles. The SMILES string of the molecule is O=C(NCc1ccncc1)C(NCCC1CCNCC1)c1ccc(Cl)cc1. The maximum Gasteiger partial charge on any atom is 0.242 e. The van der Waals surface area contributed by atoms with Gasteiger partial charge in [0.25, 0.3) is 0 Å². The lowest BCUT2D eigenvalue weighted by molar-refractivity contribution is -0.123. The molecule has 0 radical (unpaired) electrons. The quantitative estimate of drug-likeness (QED) is 0.652. The van der Waals surface area contributed by atoms with Crippen LogP contribution >= 0.6 is 11.6 Å². The second-order valence-electron chi connectivity index (χ2n) is 6.99. The van der Waals surface area contributed by atoms with E-state index in [-0.39, 0.29) is 11.9 Å². The average Bonchev–Trinajstić information content (AvgIpc) is 2.72. The third-order valence-electron chi connectivity index (χ3n) is 5.04. The lowest BCUT2D eigenvalue weighted by atomic mass is 9.94. The molecular weight excluding hydrogens is 360 g/mol. The standard InChI is InChI=1S/C21H27ClN4O/c22-19-3-1-18(2-4-19)20(25-14-9-16-5-10-23-11-6-16)21(27)26-15-17-7-12-24-13-8-17/h1-4,7-8,12-13,16,20,23,25H,5-6,9-11,14-15H2,(H,26,27). The molecule has 0 saturated carbocycles. The number of hydrogen-bond acceptors (Lipinski definition) is 4. The molecule has 1 fully saturated rings. The Balaban J connectivity index is 1.59. The first-order valence-corrected chi connectivity index (χ1v) is 9.96. The Bertz CT molecular complexity index is 702. The molecule has 144 valence electrons. The van der Waals surface area contributed by atoms with Crippen molar-refractivity contribution in [1.29, 1.82) is 0 Å². The Morgan fingerprint density at radius 3 is 2.56 bits per heavy atom. The second-order valence-corrected chi connectivity index (χ2v) is 7.43. The summed E-state index contributed by atoms with van der Waals surface area (Å²) in [5.74, 6) is 0.698. The van der Waals surface area contributed by atoms with E-state index in [2.05, 4.69) is 20.9 Å². The van der Waals surface area contributed by atoms with Gasteiger partial charge in [-0.15, -0.1) is 0 Å². The van der Waals surface area contributed by atoms with Gasteiger partial charge >= 0.3 is 0 Å². The number of halogens is 1. The molecule has 2 heterocycles. The third kappa shape index (κ3) is 6.31. The van der Waals surface area contributed by atoms with Crippen LogP contribution in [0.2, 0.25) is 5.02 Å². The van der Waals surface area contributed by atoms with Crippen LogP contribution in [0.5, 0.6) is 0 Å². The number of benzene rings is 1. The molecule has 2 aromatic rings. The van der Waals surface area contributed by atoms with Crippen molar-refractivity contribution in [3.05, 3.63) is 64.9 Å². The van der Waals surface area contributed by atoms with Crippen LogP contribution in [0.25, 0.3) is 0 Å². The zero-order chi connectivity index (χ0) is 18.9. The molecule has 5 nitrogen and oxygen atoms in total. The van der Waals surface area contributed by atoms with Gasteiger partial charge in [-0.2, -0.15) is 0 Å². The van der Waals surface area contributed by atoms with Crippen molar-refractivity contribution in [2.75, 3.05) is 19.6 Å². The van der Waals surface area contributed by atoms with E-state index in [1.165, 1.54) is 12.8 Å². The van der Waals surface area contributed by atoms with Crippen LogP contribution in [0.3, 0.4) is 0 Å². The summed E-state index contributed by atoms with van der Waals surface area (Å²) in [7, 11) is 0. The Kier molecular flexibility index (Phi) is 7.63. The molecule has 0 aliphatic carbocycles. The maximum absolute atomic E-state index is 12.9. The Morgan fingerprint density at radius 2 is 1.85 bits per heavy atom. The summed E-state index contributed by atoms with van der Waals surface area (Å²) < 4.78 is 0. The molecule has 1 amide bonds. The molecule has 3 rings (SSSR count). The van der Waals surface area contributed by atoms with Crippen LogP contribution in [0.1, 0.15) is 36.4 Å². The number of nitrogens with one attached hydrogen (secondary N) is 3. The van der Waals surface area contributed by atoms with Crippen LogP contribution in [0.4, 0.5) is 0 Å². The molecular formula is C21H27ClN4O. The van der Waals surface area contributed by atoms with Crippen molar-refractivity contribution in [2.45, 2.75) is 31.8 Å². The van der Waals surface area contributed by atoms with Crippen molar-refractivity contribution in [1.82, 2.24) is 20.9 Å². The molecule has 0 bridgehead atoms. The maximum atomic E-state index is 12.9. The Hall–Kier alpha value is -1.95. The third-order valence-corrected chi connectivity index (χ3v) is 5.29. The number of amides is 1. The smallest absolute Gasteiger partial charge is 0.242 e. The van der Waals surface area contributed by atoms with E-state index in [0.29, 0.717) is 11.6 Å². The number of carbonyl (C=O) groups is 1. The summed E-state index contributed by atoms with van der Waals surface area (Å²) >= 11 is 6.01. The van der Waals surface area contributed by atoms with Gasteiger partial charge in [-0.1, -0.05) is 23.7 Å². The van der Waals surface area contributed by atoms with Crippen LogP contribution in [-0.2, 0) is 11.3 Å². The number of aromatic nitrogens is 1. The van der Waals surface area contributed by atoms with Gasteiger partial charge in [-0.25, -0.2) is 0 Å². The summed E-state index contributed by atoms with van der Waals surface area (Å²) in [6, 6.07) is 10.9. The summed E-state index contributed by atoms with van der Waals surface area (Å²) in [6.07, 6.45) is 6.97. The van der Waals surface area contributed by atoms with Gasteiger partial charge in [-0.3, -0.25) is 9.78 Å². The molecule has 1 aromatic heterocycles. The van der Waals surface area contributed by atoms with Gasteiger partial charge in [0.2, 0.25) is 5.91 Å². The minimum absolute atomic E-state index is 0.0283. The summed E-state index contributed by atoms with van der Waals surface area (Å²) in [4.78, 5) is 16.9. The number of hydrogen-bond donors (Lipinski definition) is 3.